The van der Waals surface area contributed by atoms with Gasteiger partial charge in [0.2, 0.25) is 17.7 Å². The normalized spacial score (nSPS) is 11.7. The van der Waals surface area contributed by atoms with E-state index in [1.165, 1.54) is 0 Å². The van der Waals surface area contributed by atoms with Crippen LogP contribution in [0.5, 0.6) is 0 Å². The molecule has 0 aliphatic rings. The van der Waals surface area contributed by atoms with Crippen LogP contribution in [-0.4, -0.2) is 42.3 Å². The number of amides is 3. The van der Waals surface area contributed by atoms with Crippen molar-refractivity contribution in [1.29, 1.82) is 0 Å². The first-order valence-electron chi connectivity index (χ1n) is 8.54. The van der Waals surface area contributed by atoms with Gasteiger partial charge in [0.05, 0.1) is 12.6 Å². The average Bonchev–Trinajstić information content (AvgIpc) is 2.63. The van der Waals surface area contributed by atoms with Gasteiger partial charge >= 0.3 is 0 Å². The molecule has 0 aliphatic heterocycles. The second-order valence-electron chi connectivity index (χ2n) is 6.44. The van der Waals surface area contributed by atoms with E-state index >= 15 is 0 Å². The molecule has 0 bridgehead atoms. The second-order valence-corrected chi connectivity index (χ2v) is 6.44. The third-order valence-corrected chi connectivity index (χ3v) is 4.21. The molecule has 0 fully saturated rings. The van der Waals surface area contributed by atoms with Gasteiger partial charge in [-0.3, -0.25) is 19.3 Å². The largest absolute Gasteiger partial charge is 0.366 e. The van der Waals surface area contributed by atoms with Crippen LogP contribution in [0.4, 0.5) is 11.4 Å². The number of nitrogens with one attached hydrogen (secondary N) is 2. The number of hydrogen-bond donors (Lipinski definition) is 3. The van der Waals surface area contributed by atoms with Crippen molar-refractivity contribution in [1.82, 2.24) is 4.90 Å². The highest BCUT2D eigenvalue weighted by atomic mass is 16.2. The Labute approximate surface area is 158 Å². The standard InChI is InChI=1S/C20H24N4O3/c1-13-4-8-16(9-5-13)22-18(25)12-24(3)14(2)20(27)23-17-10-6-15(7-11-17)19(21)26/h4-11,14H,12H2,1-3H3,(H2,21,26)(H,22,25)(H,23,27). The first-order chi connectivity index (χ1) is 12.8. The minimum absolute atomic E-state index is 0.0725. The summed E-state index contributed by atoms with van der Waals surface area (Å²) in [5.74, 6) is -0.986. The van der Waals surface area contributed by atoms with Gasteiger partial charge in [0.1, 0.15) is 0 Å². The van der Waals surface area contributed by atoms with Crippen molar-refractivity contribution in [2.24, 2.45) is 5.73 Å². The van der Waals surface area contributed by atoms with Crippen molar-refractivity contribution >= 4 is 29.1 Å². The van der Waals surface area contributed by atoms with Gasteiger partial charge in [-0.15, -0.1) is 0 Å². The molecule has 27 heavy (non-hydrogen) atoms. The lowest BCUT2D eigenvalue weighted by Gasteiger charge is -2.23. The summed E-state index contributed by atoms with van der Waals surface area (Å²) in [6.07, 6.45) is 0. The fourth-order valence-electron chi connectivity index (χ4n) is 2.37. The van der Waals surface area contributed by atoms with Gasteiger partial charge < -0.3 is 16.4 Å². The predicted octanol–water partition coefficient (Wildman–Crippen LogP) is 1.99. The van der Waals surface area contributed by atoms with E-state index in [0.717, 1.165) is 5.56 Å². The SMILES string of the molecule is Cc1ccc(NC(=O)CN(C)C(C)C(=O)Nc2ccc(C(N)=O)cc2)cc1. The highest BCUT2D eigenvalue weighted by Gasteiger charge is 2.20. The molecule has 7 heteroatoms. The number of nitrogens with two attached hydrogens (primary N) is 1. The summed E-state index contributed by atoms with van der Waals surface area (Å²) < 4.78 is 0. The summed E-state index contributed by atoms with van der Waals surface area (Å²) in [5.41, 5.74) is 7.93. The molecule has 142 valence electrons. The fraction of sp³-hybridized carbons (Fsp3) is 0.250. The van der Waals surface area contributed by atoms with E-state index in [2.05, 4.69) is 10.6 Å². The monoisotopic (exact) mass is 368 g/mol. The van der Waals surface area contributed by atoms with Crippen LogP contribution in [0.2, 0.25) is 0 Å². The molecular weight excluding hydrogens is 344 g/mol. The van der Waals surface area contributed by atoms with E-state index in [1.807, 2.05) is 31.2 Å². The van der Waals surface area contributed by atoms with Gasteiger partial charge in [0.25, 0.3) is 0 Å². The maximum Gasteiger partial charge on any atom is 0.248 e. The van der Waals surface area contributed by atoms with Crippen LogP contribution in [0.1, 0.15) is 22.8 Å². The van der Waals surface area contributed by atoms with Gasteiger partial charge in [-0.25, -0.2) is 0 Å². The molecule has 2 rings (SSSR count). The Morgan fingerprint density at radius 2 is 1.48 bits per heavy atom. The molecule has 1 unspecified atom stereocenters. The first-order valence-corrected chi connectivity index (χ1v) is 8.54. The summed E-state index contributed by atoms with van der Waals surface area (Å²) in [7, 11) is 1.70. The van der Waals surface area contributed by atoms with E-state index < -0.39 is 11.9 Å². The van der Waals surface area contributed by atoms with Crippen molar-refractivity contribution < 1.29 is 14.4 Å². The van der Waals surface area contributed by atoms with Crippen molar-refractivity contribution in [2.75, 3.05) is 24.2 Å². The first kappa shape index (κ1) is 20.1. The number of aryl methyl sites for hydroxylation is 1. The fourth-order valence-corrected chi connectivity index (χ4v) is 2.37. The van der Waals surface area contributed by atoms with Crippen LogP contribution in [0, 0.1) is 6.92 Å². The summed E-state index contributed by atoms with van der Waals surface area (Å²) in [5, 5.41) is 5.56. The number of carbonyl (C=O) groups is 3. The number of hydrogen-bond acceptors (Lipinski definition) is 4. The van der Waals surface area contributed by atoms with Crippen molar-refractivity contribution in [3.8, 4) is 0 Å². The van der Waals surface area contributed by atoms with Gasteiger partial charge in [-0.2, -0.15) is 0 Å². The van der Waals surface area contributed by atoms with Crippen molar-refractivity contribution in [3.63, 3.8) is 0 Å². The quantitative estimate of drug-likeness (QED) is 0.695. The maximum atomic E-state index is 12.4. The third kappa shape index (κ3) is 5.93. The summed E-state index contributed by atoms with van der Waals surface area (Å²) in [6.45, 7) is 3.76. The lowest BCUT2D eigenvalue weighted by atomic mass is 10.2. The third-order valence-electron chi connectivity index (χ3n) is 4.21. The number of anilines is 2. The van der Waals surface area contributed by atoms with E-state index in [0.29, 0.717) is 16.9 Å². The number of rotatable bonds is 7. The molecule has 3 amide bonds. The summed E-state index contributed by atoms with van der Waals surface area (Å²) >= 11 is 0. The highest BCUT2D eigenvalue weighted by molar-refractivity contribution is 5.97. The van der Waals surface area contributed by atoms with Crippen LogP contribution in [-0.2, 0) is 9.59 Å². The van der Waals surface area contributed by atoms with Crippen molar-refractivity contribution in [3.05, 3.63) is 59.7 Å². The number of benzene rings is 2. The molecule has 4 N–H and O–H groups in total. The van der Waals surface area contributed by atoms with Crippen LogP contribution in [0.3, 0.4) is 0 Å². The summed E-state index contributed by atoms with van der Waals surface area (Å²) in [6, 6.07) is 13.3. The zero-order chi connectivity index (χ0) is 20.0. The zero-order valence-electron chi connectivity index (χ0n) is 15.7. The number of primary amides is 1. The van der Waals surface area contributed by atoms with Gasteiger partial charge in [-0.05, 0) is 57.3 Å². The molecular formula is C20H24N4O3. The molecule has 0 spiro atoms. The molecule has 0 saturated heterocycles. The smallest absolute Gasteiger partial charge is 0.248 e. The van der Waals surface area contributed by atoms with Crippen molar-refractivity contribution in [2.45, 2.75) is 19.9 Å². The van der Waals surface area contributed by atoms with Gasteiger partial charge in [0, 0.05) is 16.9 Å². The predicted molar refractivity (Wildman–Crippen MR) is 105 cm³/mol. The zero-order valence-corrected chi connectivity index (χ0v) is 15.7. The van der Waals surface area contributed by atoms with Crippen LogP contribution in [0.25, 0.3) is 0 Å². The number of likely N-dealkylation sites (N-methyl/N-ethyl adjacent to an activating group) is 1. The molecule has 2 aromatic rings. The maximum absolute atomic E-state index is 12.4. The lowest BCUT2D eigenvalue weighted by molar-refractivity contribution is -0.122. The number of carbonyl (C=O) groups excluding carboxylic acids is 3. The van der Waals surface area contributed by atoms with Crippen LogP contribution >= 0.6 is 0 Å². The Bertz CT molecular complexity index is 816. The molecule has 0 saturated carbocycles. The van der Waals surface area contributed by atoms with E-state index in [1.54, 1.807) is 43.1 Å². The Morgan fingerprint density at radius 3 is 2.04 bits per heavy atom. The molecule has 0 heterocycles. The molecule has 7 nitrogen and oxygen atoms in total. The lowest BCUT2D eigenvalue weighted by Crippen LogP contribution is -2.43. The Hall–Kier alpha value is -3.19. The minimum Gasteiger partial charge on any atom is -0.366 e. The van der Waals surface area contributed by atoms with Gasteiger partial charge in [0.15, 0.2) is 0 Å². The second kappa shape index (κ2) is 8.95. The molecule has 1 atom stereocenters. The van der Waals surface area contributed by atoms with E-state index in [4.69, 9.17) is 5.73 Å². The van der Waals surface area contributed by atoms with E-state index in [9.17, 15) is 14.4 Å². The van der Waals surface area contributed by atoms with Crippen LogP contribution in [0.15, 0.2) is 48.5 Å². The topological polar surface area (TPSA) is 105 Å². The Morgan fingerprint density at radius 1 is 0.963 bits per heavy atom. The molecule has 0 radical (unpaired) electrons. The van der Waals surface area contributed by atoms with E-state index in [-0.39, 0.29) is 18.4 Å². The molecule has 0 aromatic heterocycles. The number of nitrogens with zero attached hydrogens (tertiary/aromatic N) is 1. The Kier molecular flexibility index (Phi) is 6.67. The Balaban J connectivity index is 1.88. The summed E-state index contributed by atoms with van der Waals surface area (Å²) in [4.78, 5) is 37.3. The highest BCUT2D eigenvalue weighted by Crippen LogP contribution is 2.11. The van der Waals surface area contributed by atoms with Gasteiger partial charge in [-0.1, -0.05) is 17.7 Å². The van der Waals surface area contributed by atoms with Crippen LogP contribution < -0.4 is 16.4 Å². The minimum atomic E-state index is -0.527. The average molecular weight is 368 g/mol. The molecule has 0 aliphatic carbocycles. The molecule has 2 aromatic carbocycles.